The number of hydrogen-bond acceptors (Lipinski definition) is 1. The van der Waals surface area contributed by atoms with Gasteiger partial charge in [-0.05, 0) is 10.8 Å². The summed E-state index contributed by atoms with van der Waals surface area (Å²) in [6.45, 7) is 0. The average molecular weight is 321 g/mol. The van der Waals surface area contributed by atoms with Gasteiger partial charge < -0.3 is 4.98 Å². The Bertz CT molecular complexity index is 899. The number of nitriles is 1. The Morgan fingerprint density at radius 3 is 2.36 bits per heavy atom. The first-order chi connectivity index (χ1) is 10.4. The number of H-pyrrole nitrogens is 1. The molecule has 0 unspecified atom stereocenters. The zero-order chi connectivity index (χ0) is 15.9. The number of hydrogen-bond donors (Lipinski definition) is 1. The number of fused-ring (bicyclic) bond motifs is 1. The van der Waals surface area contributed by atoms with E-state index in [4.69, 9.17) is 16.9 Å². The molecule has 0 saturated carbocycles. The third kappa shape index (κ3) is 2.22. The quantitative estimate of drug-likeness (QED) is 0.642. The van der Waals surface area contributed by atoms with Crippen molar-refractivity contribution in [2.24, 2.45) is 0 Å². The molecule has 1 heterocycles. The molecular formula is C16H8ClF3N2. The molecule has 3 aromatic rings. The van der Waals surface area contributed by atoms with Crippen LogP contribution in [0, 0.1) is 11.3 Å². The second-order valence-electron chi connectivity index (χ2n) is 4.70. The number of benzene rings is 2. The van der Waals surface area contributed by atoms with E-state index in [1.807, 2.05) is 18.2 Å². The molecule has 0 amide bonds. The van der Waals surface area contributed by atoms with Gasteiger partial charge in [-0.1, -0.05) is 54.1 Å². The van der Waals surface area contributed by atoms with E-state index in [2.05, 4.69) is 4.98 Å². The van der Waals surface area contributed by atoms with Crippen LogP contribution in [0.15, 0.2) is 42.5 Å². The van der Waals surface area contributed by atoms with Crippen LogP contribution >= 0.6 is 11.6 Å². The fourth-order valence-corrected chi connectivity index (χ4v) is 2.71. The van der Waals surface area contributed by atoms with Gasteiger partial charge in [-0.2, -0.15) is 18.4 Å². The van der Waals surface area contributed by atoms with E-state index >= 15 is 0 Å². The van der Waals surface area contributed by atoms with Crippen LogP contribution in [0.25, 0.3) is 22.0 Å². The third-order valence-corrected chi connectivity index (χ3v) is 3.77. The van der Waals surface area contributed by atoms with E-state index in [-0.39, 0.29) is 10.7 Å². The van der Waals surface area contributed by atoms with Crippen molar-refractivity contribution in [3.63, 3.8) is 0 Å². The van der Waals surface area contributed by atoms with Crippen LogP contribution in [0.3, 0.4) is 0 Å². The van der Waals surface area contributed by atoms with Gasteiger partial charge in [0.1, 0.15) is 17.3 Å². The zero-order valence-corrected chi connectivity index (χ0v) is 11.8. The first-order valence-corrected chi connectivity index (χ1v) is 6.68. The van der Waals surface area contributed by atoms with Gasteiger partial charge in [0.15, 0.2) is 0 Å². The highest BCUT2D eigenvalue weighted by molar-refractivity contribution is 6.35. The molecule has 0 fully saturated rings. The molecule has 6 heteroatoms. The summed E-state index contributed by atoms with van der Waals surface area (Å²) >= 11 is 6.02. The Balaban J connectivity index is 2.33. The van der Waals surface area contributed by atoms with Crippen LogP contribution in [0.4, 0.5) is 13.2 Å². The molecule has 1 N–H and O–H groups in total. The monoisotopic (exact) mass is 320 g/mol. The number of nitrogens with one attached hydrogen (secondary N) is 1. The number of alkyl halides is 3. The minimum atomic E-state index is -4.67. The third-order valence-electron chi connectivity index (χ3n) is 3.39. The van der Waals surface area contributed by atoms with Crippen molar-refractivity contribution in [3.05, 3.63) is 58.7 Å². The Morgan fingerprint density at radius 1 is 1.05 bits per heavy atom. The van der Waals surface area contributed by atoms with E-state index < -0.39 is 17.4 Å². The molecule has 0 spiro atoms. The number of aromatic nitrogens is 1. The number of rotatable bonds is 1. The Morgan fingerprint density at radius 2 is 1.73 bits per heavy atom. The summed E-state index contributed by atoms with van der Waals surface area (Å²) in [6, 6.07) is 14.0. The Kier molecular flexibility index (Phi) is 3.34. The zero-order valence-electron chi connectivity index (χ0n) is 11.0. The SMILES string of the molecule is N#Cc1c(C(F)(F)F)[nH]c(-c2cccc3ccccc23)c1Cl. The maximum Gasteiger partial charge on any atom is 0.432 e. The Labute approximate surface area is 128 Å². The van der Waals surface area contributed by atoms with Crippen LogP contribution in [-0.4, -0.2) is 4.98 Å². The van der Waals surface area contributed by atoms with Crippen molar-refractivity contribution < 1.29 is 13.2 Å². The highest BCUT2D eigenvalue weighted by Crippen LogP contribution is 2.41. The Hall–Kier alpha value is -2.45. The lowest BCUT2D eigenvalue weighted by atomic mass is 10.0. The van der Waals surface area contributed by atoms with E-state index in [9.17, 15) is 13.2 Å². The largest absolute Gasteiger partial charge is 0.432 e. The average Bonchev–Trinajstić information content (AvgIpc) is 2.83. The van der Waals surface area contributed by atoms with E-state index in [0.717, 1.165) is 10.8 Å². The first kappa shape index (κ1) is 14.5. The molecule has 0 aliphatic heterocycles. The van der Waals surface area contributed by atoms with E-state index in [1.165, 1.54) is 6.07 Å². The summed E-state index contributed by atoms with van der Waals surface area (Å²) < 4.78 is 39.1. The van der Waals surface area contributed by atoms with Crippen LogP contribution in [0.2, 0.25) is 5.02 Å². The minimum absolute atomic E-state index is 0.0994. The highest BCUT2D eigenvalue weighted by Gasteiger charge is 2.38. The normalized spacial score (nSPS) is 11.6. The van der Waals surface area contributed by atoms with Gasteiger partial charge in [-0.15, -0.1) is 0 Å². The van der Waals surface area contributed by atoms with Gasteiger partial charge in [-0.25, -0.2) is 0 Å². The summed E-state index contributed by atoms with van der Waals surface area (Å²) in [5, 5.41) is 10.4. The molecule has 0 radical (unpaired) electrons. The standard InChI is InChI=1S/C16H8ClF3N2/c17-13-12(8-21)15(16(18,19)20)22-14(13)11-7-3-5-9-4-1-2-6-10(9)11/h1-7,22H. The van der Waals surface area contributed by atoms with E-state index in [0.29, 0.717) is 5.56 Å². The second kappa shape index (κ2) is 5.08. The fraction of sp³-hybridized carbons (Fsp3) is 0.0625. The van der Waals surface area contributed by atoms with Crippen molar-refractivity contribution in [3.8, 4) is 17.3 Å². The van der Waals surface area contributed by atoms with Gasteiger partial charge in [0.2, 0.25) is 0 Å². The molecule has 22 heavy (non-hydrogen) atoms. The molecule has 1 aromatic heterocycles. The minimum Gasteiger partial charge on any atom is -0.349 e. The summed E-state index contributed by atoms with van der Waals surface area (Å²) in [5.74, 6) is 0. The summed E-state index contributed by atoms with van der Waals surface area (Å²) in [5.41, 5.74) is -1.09. The molecule has 0 bridgehead atoms. The van der Waals surface area contributed by atoms with Crippen molar-refractivity contribution in [1.82, 2.24) is 4.98 Å². The lowest BCUT2D eigenvalue weighted by molar-refractivity contribution is -0.140. The molecule has 110 valence electrons. The molecule has 0 saturated heterocycles. The van der Waals surface area contributed by atoms with Gasteiger partial charge in [0.05, 0.1) is 10.7 Å². The van der Waals surface area contributed by atoms with Crippen LogP contribution in [0.1, 0.15) is 11.3 Å². The molecule has 2 aromatic carbocycles. The van der Waals surface area contributed by atoms with Gasteiger partial charge >= 0.3 is 6.18 Å². The number of aromatic amines is 1. The molecule has 0 atom stereocenters. The van der Waals surface area contributed by atoms with Crippen molar-refractivity contribution >= 4 is 22.4 Å². The maximum atomic E-state index is 13.0. The van der Waals surface area contributed by atoms with Crippen LogP contribution < -0.4 is 0 Å². The van der Waals surface area contributed by atoms with E-state index in [1.54, 1.807) is 24.3 Å². The summed E-state index contributed by atoms with van der Waals surface area (Å²) in [6.07, 6.45) is -4.67. The number of nitrogens with zero attached hydrogens (tertiary/aromatic N) is 1. The van der Waals surface area contributed by atoms with Gasteiger partial charge in [0, 0.05) is 5.56 Å². The van der Waals surface area contributed by atoms with Gasteiger partial charge in [0.25, 0.3) is 0 Å². The maximum absolute atomic E-state index is 13.0. The molecule has 2 nitrogen and oxygen atoms in total. The van der Waals surface area contributed by atoms with Crippen LogP contribution in [-0.2, 0) is 6.18 Å². The smallest absolute Gasteiger partial charge is 0.349 e. The predicted molar refractivity (Wildman–Crippen MR) is 78.5 cm³/mol. The fourth-order valence-electron chi connectivity index (χ4n) is 2.42. The summed E-state index contributed by atoms with van der Waals surface area (Å²) in [4.78, 5) is 2.27. The molecule has 0 aliphatic carbocycles. The molecular weight excluding hydrogens is 313 g/mol. The topological polar surface area (TPSA) is 39.6 Å². The first-order valence-electron chi connectivity index (χ1n) is 6.30. The lowest BCUT2D eigenvalue weighted by Crippen LogP contribution is -2.07. The van der Waals surface area contributed by atoms with Crippen molar-refractivity contribution in [2.75, 3.05) is 0 Å². The molecule has 0 aliphatic rings. The predicted octanol–water partition coefficient (Wildman–Crippen LogP) is 5.38. The van der Waals surface area contributed by atoms with Crippen molar-refractivity contribution in [2.45, 2.75) is 6.18 Å². The lowest BCUT2D eigenvalue weighted by Gasteiger charge is -2.06. The van der Waals surface area contributed by atoms with Gasteiger partial charge in [-0.3, -0.25) is 0 Å². The molecule has 3 rings (SSSR count). The highest BCUT2D eigenvalue weighted by atomic mass is 35.5. The summed E-state index contributed by atoms with van der Waals surface area (Å²) in [7, 11) is 0. The van der Waals surface area contributed by atoms with Crippen LogP contribution in [0.5, 0.6) is 0 Å². The number of halogens is 4. The second-order valence-corrected chi connectivity index (χ2v) is 5.08. The van der Waals surface area contributed by atoms with Crippen molar-refractivity contribution in [1.29, 1.82) is 5.26 Å².